The minimum absolute atomic E-state index is 0.196. The molecule has 0 radical (unpaired) electrons. The molecule has 0 bridgehead atoms. The Hall–Kier alpha value is -2.05. The molecule has 114 valence electrons. The third-order valence-corrected chi connectivity index (χ3v) is 3.26. The van der Waals surface area contributed by atoms with Crippen LogP contribution >= 0.6 is 0 Å². The van der Waals surface area contributed by atoms with Crippen LogP contribution in [-0.2, 0) is 11.0 Å². The van der Waals surface area contributed by atoms with Gasteiger partial charge < -0.3 is 10.0 Å². The van der Waals surface area contributed by atoms with Gasteiger partial charge in [-0.15, -0.1) is 0 Å². The number of pyridine rings is 1. The Morgan fingerprint density at radius 1 is 1.24 bits per heavy atom. The van der Waals surface area contributed by atoms with Gasteiger partial charge in [-0.25, -0.2) is 9.78 Å². The maximum atomic E-state index is 12.8. The van der Waals surface area contributed by atoms with E-state index in [0.29, 0.717) is 18.7 Å². The highest BCUT2D eigenvalue weighted by atomic mass is 19.4. The van der Waals surface area contributed by atoms with Gasteiger partial charge in [0.05, 0.1) is 0 Å². The summed E-state index contributed by atoms with van der Waals surface area (Å²) in [6, 6.07) is 2.13. The fourth-order valence-corrected chi connectivity index (χ4v) is 2.27. The summed E-state index contributed by atoms with van der Waals surface area (Å²) in [7, 11) is 0. The zero-order chi connectivity index (χ0) is 15.5. The van der Waals surface area contributed by atoms with E-state index in [1.54, 1.807) is 4.90 Å². The van der Waals surface area contributed by atoms with Crippen LogP contribution in [0.2, 0.25) is 0 Å². The summed E-state index contributed by atoms with van der Waals surface area (Å²) < 4.78 is 38.4. The SMILES string of the molecule is O=C(O)/C=C/c1ccc(C(F)(F)F)nc1N1CCCCC1. The monoisotopic (exact) mass is 300 g/mol. The normalized spacial score (nSPS) is 16.4. The average molecular weight is 300 g/mol. The summed E-state index contributed by atoms with van der Waals surface area (Å²) in [5.41, 5.74) is -0.581. The van der Waals surface area contributed by atoms with Gasteiger partial charge in [0, 0.05) is 24.7 Å². The molecule has 0 aliphatic carbocycles. The molecule has 4 nitrogen and oxygen atoms in total. The number of carbonyl (C=O) groups is 1. The van der Waals surface area contributed by atoms with Crippen molar-refractivity contribution in [2.45, 2.75) is 25.4 Å². The maximum absolute atomic E-state index is 12.8. The maximum Gasteiger partial charge on any atom is 0.433 e. The van der Waals surface area contributed by atoms with Crippen LogP contribution in [0, 0.1) is 0 Å². The highest BCUT2D eigenvalue weighted by Gasteiger charge is 2.33. The lowest BCUT2D eigenvalue weighted by molar-refractivity contribution is -0.141. The standard InChI is InChI=1S/C14H15F3N2O2/c15-14(16,17)11-6-4-10(5-7-12(20)21)13(18-11)19-8-2-1-3-9-19/h4-7H,1-3,8-9H2,(H,20,21)/b7-5+. The van der Waals surface area contributed by atoms with Crippen LogP contribution in [0.4, 0.5) is 19.0 Å². The quantitative estimate of drug-likeness (QED) is 0.871. The van der Waals surface area contributed by atoms with Crippen LogP contribution in [0.25, 0.3) is 6.08 Å². The molecule has 2 rings (SSSR count). The summed E-state index contributed by atoms with van der Waals surface area (Å²) in [5, 5.41) is 8.66. The molecule has 1 N–H and O–H groups in total. The Labute approximate surface area is 119 Å². The number of hydrogen-bond donors (Lipinski definition) is 1. The highest BCUT2D eigenvalue weighted by Crippen LogP contribution is 2.31. The number of carboxylic acids is 1. The third kappa shape index (κ3) is 3.96. The van der Waals surface area contributed by atoms with Crippen molar-refractivity contribution in [3.05, 3.63) is 29.5 Å². The number of piperidine rings is 1. The minimum Gasteiger partial charge on any atom is -0.478 e. The van der Waals surface area contributed by atoms with Gasteiger partial charge in [0.2, 0.25) is 0 Å². The molecule has 21 heavy (non-hydrogen) atoms. The molecule has 1 fully saturated rings. The Bertz CT molecular complexity index is 550. The van der Waals surface area contributed by atoms with Crippen molar-refractivity contribution in [2.75, 3.05) is 18.0 Å². The molecule has 1 saturated heterocycles. The van der Waals surface area contributed by atoms with Gasteiger partial charge >= 0.3 is 12.1 Å². The minimum atomic E-state index is -4.51. The van der Waals surface area contributed by atoms with Gasteiger partial charge in [0.1, 0.15) is 11.5 Å². The second-order valence-electron chi connectivity index (χ2n) is 4.83. The van der Waals surface area contributed by atoms with Crippen molar-refractivity contribution in [3.63, 3.8) is 0 Å². The van der Waals surface area contributed by atoms with E-state index in [4.69, 9.17) is 5.11 Å². The molecule has 0 saturated carbocycles. The molecule has 7 heteroatoms. The predicted molar refractivity (Wildman–Crippen MR) is 72.0 cm³/mol. The molecule has 0 spiro atoms. The number of carboxylic acid groups (broad SMARTS) is 1. The van der Waals surface area contributed by atoms with Gasteiger partial charge in [-0.05, 0) is 37.5 Å². The first-order valence-electron chi connectivity index (χ1n) is 6.62. The highest BCUT2D eigenvalue weighted by molar-refractivity contribution is 5.86. The first-order valence-corrected chi connectivity index (χ1v) is 6.62. The van der Waals surface area contributed by atoms with Crippen molar-refractivity contribution in [3.8, 4) is 0 Å². The number of alkyl halides is 3. The van der Waals surface area contributed by atoms with Crippen LogP contribution in [0.15, 0.2) is 18.2 Å². The van der Waals surface area contributed by atoms with Gasteiger partial charge in [0.15, 0.2) is 0 Å². The van der Waals surface area contributed by atoms with E-state index in [2.05, 4.69) is 4.98 Å². The number of rotatable bonds is 3. The van der Waals surface area contributed by atoms with Crippen molar-refractivity contribution in [1.29, 1.82) is 0 Å². The number of aliphatic carboxylic acids is 1. The van der Waals surface area contributed by atoms with Crippen LogP contribution in [0.1, 0.15) is 30.5 Å². The Kier molecular flexibility index (Phi) is 4.50. The summed E-state index contributed by atoms with van der Waals surface area (Å²) in [5.74, 6) is -0.957. The van der Waals surface area contributed by atoms with E-state index in [1.807, 2.05) is 0 Å². The van der Waals surface area contributed by atoms with Gasteiger partial charge in [-0.3, -0.25) is 0 Å². The lowest BCUT2D eigenvalue weighted by Gasteiger charge is -2.29. The zero-order valence-electron chi connectivity index (χ0n) is 11.2. The molecule has 2 heterocycles. The summed E-state index contributed by atoms with van der Waals surface area (Å²) in [6.45, 7) is 1.25. The Balaban J connectivity index is 2.41. The zero-order valence-corrected chi connectivity index (χ0v) is 11.2. The fraction of sp³-hybridized carbons (Fsp3) is 0.429. The summed E-state index contributed by atoms with van der Waals surface area (Å²) >= 11 is 0. The number of anilines is 1. The number of hydrogen-bond acceptors (Lipinski definition) is 3. The Morgan fingerprint density at radius 3 is 2.48 bits per heavy atom. The number of aromatic nitrogens is 1. The molecular weight excluding hydrogens is 285 g/mol. The molecule has 1 aromatic rings. The van der Waals surface area contributed by atoms with Crippen LogP contribution in [0.5, 0.6) is 0 Å². The van der Waals surface area contributed by atoms with E-state index < -0.39 is 17.8 Å². The van der Waals surface area contributed by atoms with E-state index in [1.165, 1.54) is 12.1 Å². The van der Waals surface area contributed by atoms with Crippen LogP contribution in [-0.4, -0.2) is 29.1 Å². The molecule has 0 unspecified atom stereocenters. The molecule has 0 amide bonds. The molecule has 0 atom stereocenters. The van der Waals surface area contributed by atoms with Crippen molar-refractivity contribution in [2.24, 2.45) is 0 Å². The molecule has 0 aromatic carbocycles. The summed E-state index contributed by atoms with van der Waals surface area (Å²) in [4.78, 5) is 16.1. The number of nitrogens with zero attached hydrogens (tertiary/aromatic N) is 2. The van der Waals surface area contributed by atoms with E-state index in [9.17, 15) is 18.0 Å². The van der Waals surface area contributed by atoms with E-state index in [0.717, 1.165) is 31.4 Å². The fourth-order valence-electron chi connectivity index (χ4n) is 2.27. The second kappa shape index (κ2) is 6.15. The topological polar surface area (TPSA) is 53.4 Å². The van der Waals surface area contributed by atoms with Gasteiger partial charge in [0.25, 0.3) is 0 Å². The summed E-state index contributed by atoms with van der Waals surface area (Å²) in [6.07, 6.45) is 0.479. The smallest absolute Gasteiger partial charge is 0.433 e. The average Bonchev–Trinajstić information content (AvgIpc) is 2.45. The van der Waals surface area contributed by atoms with E-state index in [-0.39, 0.29) is 5.82 Å². The Morgan fingerprint density at radius 2 is 1.90 bits per heavy atom. The lowest BCUT2D eigenvalue weighted by Crippen LogP contribution is -2.31. The van der Waals surface area contributed by atoms with E-state index >= 15 is 0 Å². The predicted octanol–water partition coefficient (Wildman–Crippen LogP) is 3.19. The number of halogens is 3. The molecule has 1 aromatic heterocycles. The van der Waals surface area contributed by atoms with Crippen molar-refractivity contribution in [1.82, 2.24) is 4.98 Å². The molecule has 1 aliphatic rings. The molecule has 1 aliphatic heterocycles. The van der Waals surface area contributed by atoms with Crippen molar-refractivity contribution < 1.29 is 23.1 Å². The van der Waals surface area contributed by atoms with Crippen LogP contribution < -0.4 is 4.90 Å². The largest absolute Gasteiger partial charge is 0.478 e. The lowest BCUT2D eigenvalue weighted by atomic mass is 10.1. The van der Waals surface area contributed by atoms with Crippen LogP contribution in [0.3, 0.4) is 0 Å². The van der Waals surface area contributed by atoms with Crippen molar-refractivity contribution >= 4 is 17.9 Å². The third-order valence-electron chi connectivity index (χ3n) is 3.26. The first kappa shape index (κ1) is 15.3. The first-order chi connectivity index (χ1) is 9.88. The second-order valence-corrected chi connectivity index (χ2v) is 4.83. The van der Waals surface area contributed by atoms with Gasteiger partial charge in [-0.1, -0.05) is 0 Å². The molecular formula is C14H15F3N2O2. The van der Waals surface area contributed by atoms with Gasteiger partial charge in [-0.2, -0.15) is 13.2 Å².